The fraction of sp³-hybridized carbons (Fsp3) is 0.333. The molecular formula is C12H12N2O2S. The van der Waals surface area contributed by atoms with E-state index in [4.69, 9.17) is 10.00 Å². The van der Waals surface area contributed by atoms with E-state index in [0.29, 0.717) is 12.2 Å². The third-order valence-electron chi connectivity index (χ3n) is 2.70. The normalized spacial score (nSPS) is 10.5. The average molecular weight is 248 g/mol. The average Bonchev–Trinajstić information content (AvgIpc) is 2.78. The second-order valence-electron chi connectivity index (χ2n) is 3.69. The number of rotatable bonds is 2. The molecule has 0 saturated carbocycles. The van der Waals surface area contributed by atoms with Crippen molar-refractivity contribution in [3.8, 4) is 6.07 Å². The SMILES string of the molecule is CCOC(=O)c1[nH]c2c(C)c(C)sc2c1C#N. The zero-order valence-corrected chi connectivity index (χ0v) is 10.7. The largest absolute Gasteiger partial charge is 0.461 e. The fourth-order valence-corrected chi connectivity index (χ4v) is 2.83. The minimum Gasteiger partial charge on any atom is -0.461 e. The van der Waals surface area contributed by atoms with Gasteiger partial charge in [0.1, 0.15) is 17.3 Å². The Morgan fingerprint density at radius 3 is 2.82 bits per heavy atom. The van der Waals surface area contributed by atoms with E-state index in [1.54, 1.807) is 6.92 Å². The highest BCUT2D eigenvalue weighted by molar-refractivity contribution is 7.19. The molecule has 17 heavy (non-hydrogen) atoms. The van der Waals surface area contributed by atoms with Crippen LogP contribution in [0.3, 0.4) is 0 Å². The molecule has 88 valence electrons. The highest BCUT2D eigenvalue weighted by atomic mass is 32.1. The van der Waals surface area contributed by atoms with Crippen molar-refractivity contribution < 1.29 is 9.53 Å². The zero-order valence-electron chi connectivity index (χ0n) is 9.88. The minimum absolute atomic E-state index is 0.263. The number of fused-ring (bicyclic) bond motifs is 1. The van der Waals surface area contributed by atoms with E-state index in [0.717, 1.165) is 20.7 Å². The molecule has 0 bridgehead atoms. The Balaban J connectivity index is 2.66. The molecule has 0 aliphatic heterocycles. The van der Waals surface area contributed by atoms with Gasteiger partial charge >= 0.3 is 5.97 Å². The summed E-state index contributed by atoms with van der Waals surface area (Å²) in [6.45, 7) is 6.01. The molecular weight excluding hydrogens is 236 g/mol. The van der Waals surface area contributed by atoms with Gasteiger partial charge < -0.3 is 9.72 Å². The van der Waals surface area contributed by atoms with Crippen LogP contribution in [0, 0.1) is 25.2 Å². The molecule has 0 aromatic carbocycles. The van der Waals surface area contributed by atoms with Gasteiger partial charge in [0.15, 0.2) is 0 Å². The van der Waals surface area contributed by atoms with Crippen molar-refractivity contribution in [2.24, 2.45) is 0 Å². The zero-order chi connectivity index (χ0) is 12.6. The molecule has 2 aromatic heterocycles. The maximum Gasteiger partial charge on any atom is 0.356 e. The molecule has 0 spiro atoms. The van der Waals surface area contributed by atoms with Crippen LogP contribution in [0.15, 0.2) is 0 Å². The number of hydrogen-bond donors (Lipinski definition) is 1. The Kier molecular flexibility index (Phi) is 2.90. The Labute approximate surface area is 103 Å². The summed E-state index contributed by atoms with van der Waals surface area (Å²) in [5.41, 5.74) is 2.60. The molecule has 0 amide bonds. The van der Waals surface area contributed by atoms with Crippen molar-refractivity contribution >= 4 is 27.5 Å². The Morgan fingerprint density at radius 1 is 1.53 bits per heavy atom. The predicted molar refractivity (Wildman–Crippen MR) is 66.3 cm³/mol. The maximum absolute atomic E-state index is 11.7. The number of carbonyl (C=O) groups excluding carboxylic acids is 1. The third-order valence-corrected chi connectivity index (χ3v) is 3.93. The summed E-state index contributed by atoms with van der Waals surface area (Å²) in [4.78, 5) is 15.8. The van der Waals surface area contributed by atoms with Crippen LogP contribution in [0.2, 0.25) is 0 Å². The maximum atomic E-state index is 11.7. The first kappa shape index (κ1) is 11.7. The van der Waals surface area contributed by atoms with Crippen LogP contribution >= 0.6 is 11.3 Å². The van der Waals surface area contributed by atoms with E-state index in [1.165, 1.54) is 11.3 Å². The van der Waals surface area contributed by atoms with E-state index in [-0.39, 0.29) is 5.69 Å². The molecule has 5 heteroatoms. The lowest BCUT2D eigenvalue weighted by Gasteiger charge is -1.99. The standard InChI is InChI=1S/C12H12N2O2S/c1-4-16-12(15)10-8(5-13)11-9(14-10)6(2)7(3)17-11/h14H,4H2,1-3H3. The Hall–Kier alpha value is -1.80. The topological polar surface area (TPSA) is 65.9 Å². The predicted octanol–water partition coefficient (Wildman–Crippen LogP) is 2.89. The van der Waals surface area contributed by atoms with Crippen LogP contribution < -0.4 is 0 Å². The summed E-state index contributed by atoms with van der Waals surface area (Å²) >= 11 is 1.52. The van der Waals surface area contributed by atoms with Crippen LogP contribution in [0.25, 0.3) is 10.2 Å². The number of nitrogens with zero attached hydrogens (tertiary/aromatic N) is 1. The summed E-state index contributed by atoms with van der Waals surface area (Å²) in [7, 11) is 0. The van der Waals surface area contributed by atoms with Gasteiger partial charge in [0.2, 0.25) is 0 Å². The molecule has 2 aromatic rings. The monoisotopic (exact) mass is 248 g/mol. The molecule has 2 heterocycles. The number of carbonyl (C=O) groups is 1. The molecule has 0 atom stereocenters. The number of aryl methyl sites for hydroxylation is 2. The van der Waals surface area contributed by atoms with Crippen molar-refractivity contribution in [1.29, 1.82) is 5.26 Å². The van der Waals surface area contributed by atoms with Crippen molar-refractivity contribution in [1.82, 2.24) is 4.98 Å². The molecule has 0 aliphatic carbocycles. The number of esters is 1. The van der Waals surface area contributed by atoms with Gasteiger partial charge in [0.05, 0.1) is 16.8 Å². The minimum atomic E-state index is -0.468. The second-order valence-corrected chi connectivity index (χ2v) is 4.92. The first-order valence-electron chi connectivity index (χ1n) is 5.29. The lowest BCUT2D eigenvalue weighted by molar-refractivity contribution is 0.0520. The van der Waals surface area contributed by atoms with E-state index in [1.807, 2.05) is 13.8 Å². The van der Waals surface area contributed by atoms with Gasteiger partial charge in [-0.3, -0.25) is 0 Å². The summed E-state index contributed by atoms with van der Waals surface area (Å²) in [6, 6.07) is 2.08. The molecule has 0 radical (unpaired) electrons. The molecule has 1 N–H and O–H groups in total. The van der Waals surface area contributed by atoms with Crippen molar-refractivity contribution in [2.75, 3.05) is 6.61 Å². The van der Waals surface area contributed by atoms with Crippen molar-refractivity contribution in [3.63, 3.8) is 0 Å². The number of aromatic nitrogens is 1. The molecule has 2 rings (SSSR count). The van der Waals surface area contributed by atoms with Crippen LogP contribution in [-0.4, -0.2) is 17.6 Å². The number of thiophene rings is 1. The molecule has 0 unspecified atom stereocenters. The van der Waals surface area contributed by atoms with E-state index >= 15 is 0 Å². The second kappa shape index (κ2) is 4.22. The van der Waals surface area contributed by atoms with E-state index in [9.17, 15) is 4.79 Å². The van der Waals surface area contributed by atoms with Gasteiger partial charge in [-0.05, 0) is 26.3 Å². The summed E-state index contributed by atoms with van der Waals surface area (Å²) in [6.07, 6.45) is 0. The molecule has 4 nitrogen and oxygen atoms in total. The number of nitriles is 1. The van der Waals surface area contributed by atoms with Crippen LogP contribution in [0.1, 0.15) is 33.4 Å². The summed E-state index contributed by atoms with van der Waals surface area (Å²) < 4.78 is 5.76. The quantitative estimate of drug-likeness (QED) is 0.831. The Bertz CT molecular complexity index is 631. The number of nitrogens with one attached hydrogen (secondary N) is 1. The summed E-state index contributed by atoms with van der Waals surface area (Å²) in [5, 5.41) is 9.15. The van der Waals surface area contributed by atoms with Crippen molar-refractivity contribution in [3.05, 3.63) is 21.7 Å². The first-order valence-corrected chi connectivity index (χ1v) is 6.10. The van der Waals surface area contributed by atoms with Gasteiger partial charge in [0.25, 0.3) is 0 Å². The van der Waals surface area contributed by atoms with Crippen molar-refractivity contribution in [2.45, 2.75) is 20.8 Å². The van der Waals surface area contributed by atoms with Gasteiger partial charge in [-0.25, -0.2) is 4.79 Å². The molecule has 0 saturated heterocycles. The van der Waals surface area contributed by atoms with Crippen LogP contribution in [-0.2, 0) is 4.74 Å². The highest BCUT2D eigenvalue weighted by Gasteiger charge is 2.21. The number of ether oxygens (including phenoxy) is 1. The third kappa shape index (κ3) is 1.71. The fourth-order valence-electron chi connectivity index (χ4n) is 1.72. The van der Waals surface area contributed by atoms with Crippen LogP contribution in [0.4, 0.5) is 0 Å². The van der Waals surface area contributed by atoms with Crippen LogP contribution in [0.5, 0.6) is 0 Å². The van der Waals surface area contributed by atoms with Gasteiger partial charge in [-0.2, -0.15) is 5.26 Å². The number of hydrogen-bond acceptors (Lipinski definition) is 4. The molecule has 0 fully saturated rings. The lowest BCUT2D eigenvalue weighted by atomic mass is 10.2. The summed E-state index contributed by atoms with van der Waals surface area (Å²) in [5.74, 6) is -0.468. The Morgan fingerprint density at radius 2 is 2.24 bits per heavy atom. The number of aromatic amines is 1. The lowest BCUT2D eigenvalue weighted by Crippen LogP contribution is -2.06. The number of H-pyrrole nitrogens is 1. The van der Waals surface area contributed by atoms with E-state index < -0.39 is 5.97 Å². The van der Waals surface area contributed by atoms with E-state index in [2.05, 4.69) is 11.1 Å². The van der Waals surface area contributed by atoms with Gasteiger partial charge in [-0.15, -0.1) is 11.3 Å². The van der Waals surface area contributed by atoms with Gasteiger partial charge in [-0.1, -0.05) is 0 Å². The first-order chi connectivity index (χ1) is 8.10. The highest BCUT2D eigenvalue weighted by Crippen LogP contribution is 2.34. The smallest absolute Gasteiger partial charge is 0.356 e. The molecule has 0 aliphatic rings. The van der Waals surface area contributed by atoms with Gasteiger partial charge in [0, 0.05) is 4.88 Å².